The highest BCUT2D eigenvalue weighted by Gasteiger charge is 2.11. The van der Waals surface area contributed by atoms with Crippen molar-refractivity contribution in [3.05, 3.63) is 88.2 Å². The number of anilines is 1. The van der Waals surface area contributed by atoms with Crippen molar-refractivity contribution in [3.8, 4) is 5.69 Å². The van der Waals surface area contributed by atoms with Gasteiger partial charge in [0.15, 0.2) is 5.65 Å². The summed E-state index contributed by atoms with van der Waals surface area (Å²) < 4.78 is 3.39. The van der Waals surface area contributed by atoms with Crippen molar-refractivity contribution in [2.24, 2.45) is 0 Å². The summed E-state index contributed by atoms with van der Waals surface area (Å²) in [6, 6.07) is 14.6. The van der Waals surface area contributed by atoms with E-state index in [-0.39, 0.29) is 5.56 Å². The summed E-state index contributed by atoms with van der Waals surface area (Å²) in [4.78, 5) is 21.4. The molecule has 6 heteroatoms. The van der Waals surface area contributed by atoms with Crippen molar-refractivity contribution >= 4 is 23.5 Å². The number of nitrogens with zero attached hydrogens (tertiary/aromatic N) is 4. The Balaban J connectivity index is 1.81. The first-order chi connectivity index (χ1) is 12.6. The van der Waals surface area contributed by atoms with Crippen LogP contribution in [-0.2, 0) is 0 Å². The van der Waals surface area contributed by atoms with Crippen LogP contribution in [0, 0.1) is 6.92 Å². The van der Waals surface area contributed by atoms with Gasteiger partial charge in [0.1, 0.15) is 0 Å². The van der Waals surface area contributed by atoms with Crippen LogP contribution in [0.25, 0.3) is 23.5 Å². The molecule has 0 spiro atoms. The lowest BCUT2D eigenvalue weighted by molar-refractivity contribution is 0.743. The van der Waals surface area contributed by atoms with Gasteiger partial charge in [-0.1, -0.05) is 12.1 Å². The molecule has 0 amide bonds. The Hall–Kier alpha value is -3.67. The zero-order valence-corrected chi connectivity index (χ0v) is 14.2. The Labute approximate surface area is 149 Å². The van der Waals surface area contributed by atoms with Gasteiger partial charge in [-0.05, 0) is 48.9 Å². The maximum absolute atomic E-state index is 12.7. The van der Waals surface area contributed by atoms with Gasteiger partial charge < -0.3 is 5.73 Å². The number of nitrogen functional groups attached to an aromatic ring is 1. The molecular weight excluding hydrogens is 326 g/mol. The van der Waals surface area contributed by atoms with Crippen molar-refractivity contribution in [1.82, 2.24) is 19.2 Å². The van der Waals surface area contributed by atoms with Crippen LogP contribution in [0.15, 0.2) is 65.7 Å². The summed E-state index contributed by atoms with van der Waals surface area (Å²) >= 11 is 0. The summed E-state index contributed by atoms with van der Waals surface area (Å²) in [6.45, 7) is 1.94. The number of rotatable bonds is 3. The largest absolute Gasteiger partial charge is 0.399 e. The van der Waals surface area contributed by atoms with E-state index in [1.165, 1.54) is 6.07 Å². The van der Waals surface area contributed by atoms with Gasteiger partial charge in [-0.25, -0.2) is 9.67 Å². The molecule has 26 heavy (non-hydrogen) atoms. The highest BCUT2D eigenvalue weighted by molar-refractivity contribution is 5.68. The number of aryl methyl sites for hydroxylation is 1. The number of benzene rings is 1. The summed E-state index contributed by atoms with van der Waals surface area (Å²) in [6.07, 6.45) is 7.17. The van der Waals surface area contributed by atoms with E-state index in [1.807, 2.05) is 66.2 Å². The molecule has 0 fully saturated rings. The Morgan fingerprint density at radius 3 is 2.62 bits per heavy atom. The van der Waals surface area contributed by atoms with E-state index in [2.05, 4.69) is 9.97 Å². The molecule has 0 atom stereocenters. The van der Waals surface area contributed by atoms with Crippen molar-refractivity contribution in [2.75, 3.05) is 5.73 Å². The molecule has 0 saturated carbocycles. The number of fused-ring (bicyclic) bond motifs is 1. The third-order valence-electron chi connectivity index (χ3n) is 4.08. The molecule has 0 unspecified atom stereocenters. The van der Waals surface area contributed by atoms with Gasteiger partial charge in [0.25, 0.3) is 5.56 Å². The molecule has 0 aliphatic rings. The Morgan fingerprint density at radius 1 is 1.08 bits per heavy atom. The fourth-order valence-electron chi connectivity index (χ4n) is 2.89. The Morgan fingerprint density at radius 2 is 1.88 bits per heavy atom. The minimum Gasteiger partial charge on any atom is -0.399 e. The average molecular weight is 343 g/mol. The van der Waals surface area contributed by atoms with Crippen molar-refractivity contribution in [2.45, 2.75) is 6.92 Å². The van der Waals surface area contributed by atoms with E-state index in [0.29, 0.717) is 17.0 Å². The number of nitrogens with two attached hydrogens (primary N) is 1. The first-order valence-electron chi connectivity index (χ1n) is 8.18. The smallest absolute Gasteiger partial charge is 0.273 e. The molecule has 4 rings (SSSR count). The number of hydrogen-bond donors (Lipinski definition) is 1. The summed E-state index contributed by atoms with van der Waals surface area (Å²) in [7, 11) is 0. The second-order valence-corrected chi connectivity index (χ2v) is 6.00. The minimum absolute atomic E-state index is 0.147. The van der Waals surface area contributed by atoms with Crippen LogP contribution in [0.1, 0.15) is 17.0 Å². The molecule has 0 radical (unpaired) electrons. The van der Waals surface area contributed by atoms with E-state index < -0.39 is 0 Å². The van der Waals surface area contributed by atoms with Gasteiger partial charge in [-0.3, -0.25) is 9.78 Å². The predicted molar refractivity (Wildman–Crippen MR) is 103 cm³/mol. The normalized spacial score (nSPS) is 11.4. The second kappa shape index (κ2) is 6.33. The van der Waals surface area contributed by atoms with Crippen LogP contribution in [0.2, 0.25) is 0 Å². The monoisotopic (exact) mass is 343 g/mol. The second-order valence-electron chi connectivity index (χ2n) is 6.00. The average Bonchev–Trinajstić information content (AvgIpc) is 2.98. The van der Waals surface area contributed by atoms with Gasteiger partial charge in [0.05, 0.1) is 11.4 Å². The quantitative estimate of drug-likeness (QED) is 0.580. The van der Waals surface area contributed by atoms with Gasteiger partial charge >= 0.3 is 0 Å². The zero-order chi connectivity index (χ0) is 18.1. The van der Waals surface area contributed by atoms with Crippen molar-refractivity contribution in [3.63, 3.8) is 0 Å². The molecule has 3 aromatic heterocycles. The Bertz CT molecular complexity index is 1150. The molecule has 6 nitrogen and oxygen atoms in total. The van der Waals surface area contributed by atoms with Crippen LogP contribution in [-0.4, -0.2) is 19.2 Å². The molecular formula is C20H17N5O. The summed E-state index contributed by atoms with van der Waals surface area (Å²) in [5.74, 6) is 0. The Kier molecular flexibility index (Phi) is 3.85. The predicted octanol–water partition coefficient (Wildman–Crippen LogP) is 2.94. The number of hydrogen-bond acceptors (Lipinski definition) is 4. The van der Waals surface area contributed by atoms with Gasteiger partial charge in [0.2, 0.25) is 0 Å². The molecule has 0 saturated heterocycles. The molecule has 0 aliphatic heterocycles. The number of aromatic nitrogens is 4. The van der Waals surface area contributed by atoms with Crippen LogP contribution in [0.3, 0.4) is 0 Å². The van der Waals surface area contributed by atoms with Gasteiger partial charge in [0, 0.05) is 35.9 Å². The standard InChI is InChI=1S/C20H17N5O/c1-14-11-19-23-17(7-4-15-3-2-10-22-13-15)12-20(26)25(19)24(14)18-8-5-16(21)6-9-18/h2-13H,21H2,1H3/b7-4+. The number of pyridine rings is 1. The van der Waals surface area contributed by atoms with Gasteiger partial charge in [-0.2, -0.15) is 4.52 Å². The van der Waals surface area contributed by atoms with Crippen LogP contribution >= 0.6 is 0 Å². The molecule has 3 heterocycles. The summed E-state index contributed by atoms with van der Waals surface area (Å²) in [5, 5.41) is 0. The third kappa shape index (κ3) is 2.88. The van der Waals surface area contributed by atoms with Crippen LogP contribution in [0.5, 0.6) is 0 Å². The first kappa shape index (κ1) is 15.8. The third-order valence-corrected chi connectivity index (χ3v) is 4.08. The molecule has 2 N–H and O–H groups in total. The lowest BCUT2D eigenvalue weighted by atomic mass is 10.2. The maximum atomic E-state index is 12.7. The molecule has 1 aromatic carbocycles. The molecule has 0 bridgehead atoms. The minimum atomic E-state index is -0.147. The lowest BCUT2D eigenvalue weighted by Crippen LogP contribution is -2.20. The first-order valence-corrected chi connectivity index (χ1v) is 8.18. The van der Waals surface area contributed by atoms with Gasteiger partial charge in [-0.15, -0.1) is 0 Å². The fraction of sp³-hybridized carbons (Fsp3) is 0.0500. The van der Waals surface area contributed by atoms with E-state index in [1.54, 1.807) is 16.9 Å². The zero-order valence-electron chi connectivity index (χ0n) is 14.2. The van der Waals surface area contributed by atoms with E-state index in [0.717, 1.165) is 16.9 Å². The topological polar surface area (TPSA) is 78.2 Å². The highest BCUT2D eigenvalue weighted by atomic mass is 16.1. The maximum Gasteiger partial charge on any atom is 0.273 e. The molecule has 4 aromatic rings. The lowest BCUT2D eigenvalue weighted by Gasteiger charge is -2.09. The van der Waals surface area contributed by atoms with E-state index in [4.69, 9.17) is 5.73 Å². The van der Waals surface area contributed by atoms with Crippen molar-refractivity contribution in [1.29, 1.82) is 0 Å². The van der Waals surface area contributed by atoms with E-state index in [9.17, 15) is 4.79 Å². The fourth-order valence-corrected chi connectivity index (χ4v) is 2.89. The SMILES string of the molecule is Cc1cc2nc(/C=C/c3cccnc3)cc(=O)n2n1-c1ccc(N)cc1. The van der Waals surface area contributed by atoms with Crippen LogP contribution < -0.4 is 11.3 Å². The van der Waals surface area contributed by atoms with Crippen molar-refractivity contribution < 1.29 is 0 Å². The molecule has 0 aliphatic carbocycles. The van der Waals surface area contributed by atoms with Crippen LogP contribution in [0.4, 0.5) is 5.69 Å². The summed E-state index contributed by atoms with van der Waals surface area (Å²) in [5.41, 5.74) is 10.2. The van der Waals surface area contributed by atoms with E-state index >= 15 is 0 Å². The highest BCUT2D eigenvalue weighted by Crippen LogP contribution is 2.16. The molecule has 128 valence electrons.